The molecule has 0 atom stereocenters. The molecule has 1 N–H and O–H groups in total. The molecule has 2 heterocycles. The number of aryl methyl sites for hydroxylation is 1. The first kappa shape index (κ1) is 12.5. The van der Waals surface area contributed by atoms with E-state index in [1.807, 2.05) is 26.1 Å². The Hall–Kier alpha value is -0.970. The second-order valence-electron chi connectivity index (χ2n) is 4.87. The molecule has 0 aliphatic carbocycles. The van der Waals surface area contributed by atoms with Gasteiger partial charge in [0.2, 0.25) is 0 Å². The van der Waals surface area contributed by atoms with Crippen molar-refractivity contribution in [3.63, 3.8) is 0 Å². The molecule has 0 radical (unpaired) electrons. The normalized spacial score (nSPS) is 20.4. The summed E-state index contributed by atoms with van der Waals surface area (Å²) in [4.78, 5) is 4.35. The summed E-state index contributed by atoms with van der Waals surface area (Å²) < 4.78 is 11.2. The van der Waals surface area contributed by atoms with Gasteiger partial charge in [-0.25, -0.2) is 0 Å². The monoisotopic (exact) mass is 236 g/mol. The van der Waals surface area contributed by atoms with Crippen LogP contribution in [0, 0.1) is 6.92 Å². The van der Waals surface area contributed by atoms with Gasteiger partial charge < -0.3 is 14.8 Å². The molecular formula is C13H20N2O2. The number of rotatable bonds is 3. The van der Waals surface area contributed by atoms with Crippen molar-refractivity contribution in [3.8, 4) is 0 Å². The molecule has 0 unspecified atom stereocenters. The van der Waals surface area contributed by atoms with E-state index in [0.29, 0.717) is 13.2 Å². The Bertz CT molecular complexity index is 369. The Morgan fingerprint density at radius 2 is 2.12 bits per heavy atom. The topological polar surface area (TPSA) is 43.4 Å². The minimum atomic E-state index is -0.445. The maximum Gasteiger partial charge on any atom is 0.162 e. The standard InChI is InChI=1S/C13H20N2O2/c1-10-5-4-6-14-12(10)7-15-11-8-16-13(2,3)17-9-11/h4-6,11,15H,7-9H2,1-3H3. The summed E-state index contributed by atoms with van der Waals surface area (Å²) in [5.41, 5.74) is 2.29. The minimum Gasteiger partial charge on any atom is -0.349 e. The molecule has 0 saturated carbocycles. The fourth-order valence-electron chi connectivity index (χ4n) is 1.75. The fourth-order valence-corrected chi connectivity index (χ4v) is 1.75. The van der Waals surface area contributed by atoms with Gasteiger partial charge in [0.1, 0.15) is 0 Å². The molecule has 0 aromatic carbocycles. The quantitative estimate of drug-likeness (QED) is 0.866. The van der Waals surface area contributed by atoms with E-state index >= 15 is 0 Å². The Morgan fingerprint density at radius 1 is 1.41 bits per heavy atom. The van der Waals surface area contributed by atoms with Crippen molar-refractivity contribution in [1.29, 1.82) is 0 Å². The predicted octanol–water partition coefficient (Wildman–Crippen LogP) is 1.63. The molecule has 2 rings (SSSR count). The smallest absolute Gasteiger partial charge is 0.162 e. The molecule has 1 aromatic heterocycles. The lowest BCUT2D eigenvalue weighted by atomic mass is 10.2. The van der Waals surface area contributed by atoms with Crippen LogP contribution in [0.1, 0.15) is 25.1 Å². The first-order valence-corrected chi connectivity index (χ1v) is 5.99. The lowest BCUT2D eigenvalue weighted by Gasteiger charge is -2.35. The zero-order valence-electron chi connectivity index (χ0n) is 10.7. The zero-order chi connectivity index (χ0) is 12.3. The number of aromatic nitrogens is 1. The Labute approximate surface area is 102 Å². The molecule has 0 spiro atoms. The molecule has 0 amide bonds. The lowest BCUT2D eigenvalue weighted by Crippen LogP contribution is -2.48. The first-order valence-electron chi connectivity index (χ1n) is 5.99. The van der Waals surface area contributed by atoms with Gasteiger partial charge in [0.25, 0.3) is 0 Å². The van der Waals surface area contributed by atoms with Gasteiger partial charge in [0.15, 0.2) is 5.79 Å². The summed E-state index contributed by atoms with van der Waals surface area (Å²) in [6.07, 6.45) is 1.82. The average molecular weight is 236 g/mol. The van der Waals surface area contributed by atoms with Gasteiger partial charge >= 0.3 is 0 Å². The van der Waals surface area contributed by atoms with Crippen LogP contribution in [0.5, 0.6) is 0 Å². The van der Waals surface area contributed by atoms with E-state index in [1.165, 1.54) is 5.56 Å². The molecule has 4 nitrogen and oxygen atoms in total. The highest BCUT2D eigenvalue weighted by Crippen LogP contribution is 2.17. The number of ether oxygens (including phenoxy) is 2. The number of nitrogens with zero attached hydrogens (tertiary/aromatic N) is 1. The lowest BCUT2D eigenvalue weighted by molar-refractivity contribution is -0.253. The van der Waals surface area contributed by atoms with E-state index in [9.17, 15) is 0 Å². The molecular weight excluding hydrogens is 216 g/mol. The van der Waals surface area contributed by atoms with E-state index in [-0.39, 0.29) is 6.04 Å². The van der Waals surface area contributed by atoms with Crippen molar-refractivity contribution in [3.05, 3.63) is 29.6 Å². The van der Waals surface area contributed by atoms with Crippen LogP contribution in [0.2, 0.25) is 0 Å². The summed E-state index contributed by atoms with van der Waals surface area (Å²) in [5, 5.41) is 3.40. The summed E-state index contributed by atoms with van der Waals surface area (Å²) in [6.45, 7) is 8.06. The van der Waals surface area contributed by atoms with Crippen molar-refractivity contribution in [2.24, 2.45) is 0 Å². The van der Waals surface area contributed by atoms with Crippen LogP contribution < -0.4 is 5.32 Å². The third-order valence-electron chi connectivity index (χ3n) is 2.94. The molecule has 1 aliphatic heterocycles. The molecule has 17 heavy (non-hydrogen) atoms. The van der Waals surface area contributed by atoms with Crippen molar-refractivity contribution in [2.75, 3.05) is 13.2 Å². The van der Waals surface area contributed by atoms with Crippen LogP contribution in [0.15, 0.2) is 18.3 Å². The van der Waals surface area contributed by atoms with Gasteiger partial charge in [-0.1, -0.05) is 6.07 Å². The molecule has 1 saturated heterocycles. The molecule has 1 aliphatic rings. The van der Waals surface area contributed by atoms with Crippen LogP contribution in [-0.4, -0.2) is 30.0 Å². The van der Waals surface area contributed by atoms with E-state index in [1.54, 1.807) is 0 Å². The molecule has 0 bridgehead atoms. The Balaban J connectivity index is 1.82. The van der Waals surface area contributed by atoms with Crippen molar-refractivity contribution >= 4 is 0 Å². The summed E-state index contributed by atoms with van der Waals surface area (Å²) in [6, 6.07) is 4.26. The molecule has 94 valence electrons. The van der Waals surface area contributed by atoms with Crippen LogP contribution in [0.4, 0.5) is 0 Å². The van der Waals surface area contributed by atoms with Crippen molar-refractivity contribution < 1.29 is 9.47 Å². The second kappa shape index (κ2) is 5.12. The molecule has 4 heteroatoms. The van der Waals surface area contributed by atoms with Gasteiger partial charge in [0.05, 0.1) is 24.9 Å². The molecule has 1 aromatic rings. The van der Waals surface area contributed by atoms with Crippen LogP contribution in [0.3, 0.4) is 0 Å². The number of pyridine rings is 1. The number of hydrogen-bond donors (Lipinski definition) is 1. The van der Waals surface area contributed by atoms with E-state index < -0.39 is 5.79 Å². The SMILES string of the molecule is Cc1cccnc1CNC1COC(C)(C)OC1. The van der Waals surface area contributed by atoms with Gasteiger partial charge in [-0.15, -0.1) is 0 Å². The zero-order valence-corrected chi connectivity index (χ0v) is 10.7. The van der Waals surface area contributed by atoms with Gasteiger partial charge in [-0.05, 0) is 32.4 Å². The highest BCUT2D eigenvalue weighted by atomic mass is 16.7. The van der Waals surface area contributed by atoms with Crippen LogP contribution in [0.25, 0.3) is 0 Å². The van der Waals surface area contributed by atoms with Crippen molar-refractivity contribution in [1.82, 2.24) is 10.3 Å². The first-order chi connectivity index (χ1) is 8.07. The number of nitrogens with one attached hydrogen (secondary N) is 1. The third-order valence-corrected chi connectivity index (χ3v) is 2.94. The summed E-state index contributed by atoms with van der Waals surface area (Å²) in [7, 11) is 0. The van der Waals surface area contributed by atoms with Crippen LogP contribution >= 0.6 is 0 Å². The van der Waals surface area contributed by atoms with E-state index in [4.69, 9.17) is 9.47 Å². The Morgan fingerprint density at radius 3 is 2.76 bits per heavy atom. The fraction of sp³-hybridized carbons (Fsp3) is 0.615. The highest BCUT2D eigenvalue weighted by Gasteiger charge is 2.27. The Kier molecular flexibility index (Phi) is 3.76. The van der Waals surface area contributed by atoms with Crippen molar-refractivity contribution in [2.45, 2.75) is 39.1 Å². The summed E-state index contributed by atoms with van der Waals surface area (Å²) in [5.74, 6) is -0.445. The average Bonchev–Trinajstić information content (AvgIpc) is 2.30. The predicted molar refractivity (Wildman–Crippen MR) is 65.6 cm³/mol. The molecule has 1 fully saturated rings. The number of hydrogen-bond acceptors (Lipinski definition) is 4. The van der Waals surface area contributed by atoms with Gasteiger partial charge in [0, 0.05) is 12.7 Å². The van der Waals surface area contributed by atoms with E-state index in [2.05, 4.69) is 23.3 Å². The minimum absolute atomic E-state index is 0.240. The third kappa shape index (κ3) is 3.49. The highest BCUT2D eigenvalue weighted by molar-refractivity contribution is 5.17. The maximum atomic E-state index is 5.59. The summed E-state index contributed by atoms with van der Waals surface area (Å²) >= 11 is 0. The van der Waals surface area contributed by atoms with E-state index in [0.717, 1.165) is 12.2 Å². The largest absolute Gasteiger partial charge is 0.349 e. The van der Waals surface area contributed by atoms with Gasteiger partial charge in [-0.3, -0.25) is 4.98 Å². The van der Waals surface area contributed by atoms with Crippen LogP contribution in [-0.2, 0) is 16.0 Å². The van der Waals surface area contributed by atoms with Gasteiger partial charge in [-0.2, -0.15) is 0 Å². The maximum absolute atomic E-state index is 5.59. The second-order valence-corrected chi connectivity index (χ2v) is 4.87.